The van der Waals surface area contributed by atoms with E-state index in [0.29, 0.717) is 12.0 Å². The predicted molar refractivity (Wildman–Crippen MR) is 45.5 cm³/mol. The third-order valence-electron chi connectivity index (χ3n) is 2.62. The molecular formula is C10H16O2. The molecule has 0 saturated carbocycles. The smallest absolute Gasteiger partial charge is 0.135 e. The zero-order valence-corrected chi connectivity index (χ0v) is 7.42. The zero-order valence-electron chi connectivity index (χ0n) is 7.42. The number of hydrogen-bond donors (Lipinski definition) is 0. The Morgan fingerprint density at radius 1 is 1.17 bits per heavy atom. The first kappa shape index (κ1) is 8.52. The molecule has 2 heteroatoms. The van der Waals surface area contributed by atoms with Crippen molar-refractivity contribution in [3.63, 3.8) is 0 Å². The highest BCUT2D eigenvalue weighted by Gasteiger charge is 2.23. The summed E-state index contributed by atoms with van der Waals surface area (Å²) in [5.74, 6) is 0.529. The van der Waals surface area contributed by atoms with Crippen molar-refractivity contribution >= 4 is 0 Å². The summed E-state index contributed by atoms with van der Waals surface area (Å²) in [7, 11) is 0. The van der Waals surface area contributed by atoms with Crippen molar-refractivity contribution in [3.8, 4) is 0 Å². The van der Waals surface area contributed by atoms with Crippen LogP contribution in [0.3, 0.4) is 0 Å². The maximum Gasteiger partial charge on any atom is 0.135 e. The molecule has 12 heavy (non-hydrogen) atoms. The van der Waals surface area contributed by atoms with Gasteiger partial charge in [-0.25, -0.2) is 0 Å². The van der Waals surface area contributed by atoms with Crippen molar-refractivity contribution in [2.24, 2.45) is 5.92 Å². The van der Waals surface area contributed by atoms with Crippen molar-refractivity contribution in [1.29, 1.82) is 0 Å². The summed E-state index contributed by atoms with van der Waals surface area (Å²) in [4.78, 5) is 0. The molecule has 2 saturated heterocycles. The molecule has 2 nitrogen and oxygen atoms in total. The van der Waals surface area contributed by atoms with Crippen LogP contribution in [0.15, 0.2) is 0 Å². The predicted octanol–water partition coefficient (Wildman–Crippen LogP) is 2.02. The van der Waals surface area contributed by atoms with Crippen molar-refractivity contribution in [1.82, 2.24) is 0 Å². The second kappa shape index (κ2) is 4.24. The second-order valence-electron chi connectivity index (χ2n) is 3.68. The van der Waals surface area contributed by atoms with E-state index in [4.69, 9.17) is 9.47 Å². The van der Waals surface area contributed by atoms with Crippen LogP contribution in [-0.2, 0) is 9.47 Å². The minimum atomic E-state index is 0.490. The summed E-state index contributed by atoms with van der Waals surface area (Å²) in [6, 6.07) is 0. The van der Waals surface area contributed by atoms with Gasteiger partial charge in [-0.05, 0) is 38.0 Å². The summed E-state index contributed by atoms with van der Waals surface area (Å²) in [6.45, 7) is 4.89. The van der Waals surface area contributed by atoms with Crippen LogP contribution in [0, 0.1) is 12.5 Å². The van der Waals surface area contributed by atoms with Gasteiger partial charge in [-0.1, -0.05) is 0 Å². The molecule has 0 N–H and O–H groups in total. The summed E-state index contributed by atoms with van der Waals surface area (Å²) in [5.41, 5.74) is 0. The molecule has 2 heterocycles. The Morgan fingerprint density at radius 3 is 2.75 bits per heavy atom. The average molecular weight is 168 g/mol. The van der Waals surface area contributed by atoms with Gasteiger partial charge in [0.2, 0.25) is 0 Å². The van der Waals surface area contributed by atoms with E-state index in [-0.39, 0.29) is 0 Å². The largest absolute Gasteiger partial charge is 0.378 e. The number of ether oxygens (including phenoxy) is 2. The number of rotatable bonds is 2. The Balaban J connectivity index is 1.69. The molecule has 0 aromatic heterocycles. The molecule has 2 atom stereocenters. The standard InChI is InChI=1S/C10H16O2/c1-3-9(8-11-5-1)7-10-4-2-6-12-10/h9-10H,1-7H2. The van der Waals surface area contributed by atoms with E-state index in [1.54, 1.807) is 0 Å². The lowest BCUT2D eigenvalue weighted by atomic mass is 9.95. The van der Waals surface area contributed by atoms with Gasteiger partial charge in [0.1, 0.15) is 6.61 Å². The van der Waals surface area contributed by atoms with E-state index < -0.39 is 0 Å². The fourth-order valence-corrected chi connectivity index (χ4v) is 1.95. The van der Waals surface area contributed by atoms with Gasteiger partial charge < -0.3 is 9.47 Å². The third-order valence-corrected chi connectivity index (χ3v) is 2.62. The highest BCUT2D eigenvalue weighted by Crippen LogP contribution is 2.26. The minimum absolute atomic E-state index is 0.490. The molecule has 0 aromatic carbocycles. The fraction of sp³-hybridized carbons (Fsp3) is 0.900. The molecular weight excluding hydrogens is 152 g/mol. The van der Waals surface area contributed by atoms with Gasteiger partial charge in [0.05, 0.1) is 6.10 Å². The molecule has 2 radical (unpaired) electrons. The Morgan fingerprint density at radius 2 is 2.08 bits per heavy atom. The molecule has 2 rings (SSSR count). The molecule has 0 amide bonds. The molecule has 2 fully saturated rings. The molecule has 68 valence electrons. The second-order valence-corrected chi connectivity index (χ2v) is 3.68. The van der Waals surface area contributed by atoms with Crippen molar-refractivity contribution in [3.05, 3.63) is 6.61 Å². The topological polar surface area (TPSA) is 18.5 Å². The van der Waals surface area contributed by atoms with Crippen LogP contribution < -0.4 is 0 Å². The Kier molecular flexibility index (Phi) is 3.01. The Labute approximate surface area is 74.2 Å². The molecule has 0 aliphatic carbocycles. The van der Waals surface area contributed by atoms with Gasteiger partial charge in [-0.15, -0.1) is 0 Å². The summed E-state index contributed by atoms with van der Waals surface area (Å²) in [5, 5.41) is 0. The maximum absolute atomic E-state index is 5.56. The molecule has 0 aromatic rings. The molecule has 2 aliphatic heterocycles. The van der Waals surface area contributed by atoms with Crippen molar-refractivity contribution in [2.75, 3.05) is 13.2 Å². The van der Waals surface area contributed by atoms with Crippen LogP contribution in [0.25, 0.3) is 0 Å². The highest BCUT2D eigenvalue weighted by atomic mass is 16.5. The molecule has 0 spiro atoms. The van der Waals surface area contributed by atoms with Crippen LogP contribution in [0.5, 0.6) is 0 Å². The van der Waals surface area contributed by atoms with E-state index in [1.807, 2.05) is 0 Å². The lowest BCUT2D eigenvalue weighted by Gasteiger charge is -2.22. The SMILES string of the molecule is [C]1OCCCC1CC1CCCO1. The van der Waals surface area contributed by atoms with Gasteiger partial charge in [0.25, 0.3) is 0 Å². The van der Waals surface area contributed by atoms with E-state index in [0.717, 1.165) is 19.6 Å². The summed E-state index contributed by atoms with van der Waals surface area (Å²) >= 11 is 0. The first-order valence-corrected chi connectivity index (χ1v) is 4.94. The van der Waals surface area contributed by atoms with Crippen molar-refractivity contribution < 1.29 is 9.47 Å². The fourth-order valence-electron chi connectivity index (χ4n) is 1.95. The van der Waals surface area contributed by atoms with Crippen LogP contribution in [0.2, 0.25) is 0 Å². The zero-order chi connectivity index (χ0) is 8.23. The average Bonchev–Trinajstić information content (AvgIpc) is 2.59. The summed E-state index contributed by atoms with van der Waals surface area (Å²) in [6.07, 6.45) is 6.50. The first-order chi connectivity index (χ1) is 5.95. The van der Waals surface area contributed by atoms with Gasteiger partial charge in [0, 0.05) is 13.2 Å². The lowest BCUT2D eigenvalue weighted by molar-refractivity contribution is 0.0570. The first-order valence-electron chi connectivity index (χ1n) is 4.94. The molecule has 2 aliphatic rings. The van der Waals surface area contributed by atoms with E-state index in [9.17, 15) is 0 Å². The van der Waals surface area contributed by atoms with Gasteiger partial charge in [0.15, 0.2) is 0 Å². The van der Waals surface area contributed by atoms with Crippen LogP contribution in [0.1, 0.15) is 32.1 Å². The van der Waals surface area contributed by atoms with Crippen molar-refractivity contribution in [2.45, 2.75) is 38.2 Å². The summed E-state index contributed by atoms with van der Waals surface area (Å²) < 4.78 is 10.7. The van der Waals surface area contributed by atoms with E-state index in [1.165, 1.54) is 25.7 Å². The monoisotopic (exact) mass is 168 g/mol. The van der Waals surface area contributed by atoms with E-state index in [2.05, 4.69) is 6.61 Å². The van der Waals surface area contributed by atoms with Gasteiger partial charge >= 0.3 is 0 Å². The molecule has 2 unspecified atom stereocenters. The van der Waals surface area contributed by atoms with Gasteiger partial charge in [-0.2, -0.15) is 0 Å². The van der Waals surface area contributed by atoms with E-state index >= 15 is 0 Å². The van der Waals surface area contributed by atoms with Gasteiger partial charge in [-0.3, -0.25) is 0 Å². The number of hydrogen-bond acceptors (Lipinski definition) is 2. The normalized spacial score (nSPS) is 37.0. The third kappa shape index (κ3) is 2.20. The Hall–Kier alpha value is -0.0800. The maximum atomic E-state index is 5.56. The highest BCUT2D eigenvalue weighted by molar-refractivity contribution is 4.77. The lowest BCUT2D eigenvalue weighted by Crippen LogP contribution is -2.18. The van der Waals surface area contributed by atoms with Crippen LogP contribution >= 0.6 is 0 Å². The van der Waals surface area contributed by atoms with Crippen LogP contribution in [0.4, 0.5) is 0 Å². The molecule has 0 bridgehead atoms. The Bertz CT molecular complexity index is 124. The minimum Gasteiger partial charge on any atom is -0.378 e. The van der Waals surface area contributed by atoms with Crippen LogP contribution in [-0.4, -0.2) is 19.3 Å². The quantitative estimate of drug-likeness (QED) is 0.628.